The topological polar surface area (TPSA) is 31.2 Å². The molecule has 1 aliphatic carbocycles. The Morgan fingerprint density at radius 1 is 0.840 bits per heavy atom. The molecule has 0 spiro atoms. The molecular formula is C22H17NO2. The Kier molecular flexibility index (Phi) is 2.84. The van der Waals surface area contributed by atoms with Crippen LogP contribution in [0.15, 0.2) is 54.6 Å². The molecule has 1 aromatic heterocycles. The van der Waals surface area contributed by atoms with Gasteiger partial charge in [-0.3, -0.25) is 4.79 Å². The second-order valence-corrected chi connectivity index (χ2v) is 6.42. The molecule has 25 heavy (non-hydrogen) atoms. The highest BCUT2D eigenvalue weighted by molar-refractivity contribution is 6.24. The highest BCUT2D eigenvalue weighted by atomic mass is 16.5. The molecule has 3 aromatic carbocycles. The van der Waals surface area contributed by atoms with Gasteiger partial charge >= 0.3 is 0 Å². The minimum atomic E-state index is 0.118. The lowest BCUT2D eigenvalue weighted by molar-refractivity contribution is 0.104. The van der Waals surface area contributed by atoms with Gasteiger partial charge in [0.25, 0.3) is 0 Å². The molecular weight excluding hydrogens is 310 g/mol. The Morgan fingerprint density at radius 2 is 1.60 bits per heavy atom. The molecule has 122 valence electrons. The van der Waals surface area contributed by atoms with Gasteiger partial charge in [0, 0.05) is 39.5 Å². The zero-order chi connectivity index (χ0) is 17.1. The van der Waals surface area contributed by atoms with Crippen molar-refractivity contribution in [2.45, 2.75) is 13.5 Å². The fourth-order valence-corrected chi connectivity index (χ4v) is 4.06. The molecule has 0 saturated heterocycles. The van der Waals surface area contributed by atoms with E-state index in [-0.39, 0.29) is 5.78 Å². The first kappa shape index (κ1) is 14.3. The summed E-state index contributed by atoms with van der Waals surface area (Å²) >= 11 is 0. The summed E-state index contributed by atoms with van der Waals surface area (Å²) in [6.45, 7) is 3.02. The van der Waals surface area contributed by atoms with Gasteiger partial charge in [0.15, 0.2) is 5.78 Å². The Balaban J connectivity index is 1.92. The Morgan fingerprint density at radius 3 is 2.36 bits per heavy atom. The van der Waals surface area contributed by atoms with E-state index in [2.05, 4.69) is 35.8 Å². The van der Waals surface area contributed by atoms with Gasteiger partial charge in [-0.2, -0.15) is 0 Å². The molecule has 4 aromatic rings. The second kappa shape index (κ2) is 4.96. The number of aromatic nitrogens is 1. The summed E-state index contributed by atoms with van der Waals surface area (Å²) in [5.74, 6) is 0.950. The molecule has 1 heterocycles. The van der Waals surface area contributed by atoms with Crippen molar-refractivity contribution in [1.82, 2.24) is 4.57 Å². The highest BCUT2D eigenvalue weighted by Crippen LogP contribution is 2.41. The predicted molar refractivity (Wildman–Crippen MR) is 101 cm³/mol. The van der Waals surface area contributed by atoms with Gasteiger partial charge in [-0.1, -0.05) is 24.3 Å². The summed E-state index contributed by atoms with van der Waals surface area (Å²) < 4.78 is 7.70. The number of hydrogen-bond acceptors (Lipinski definition) is 2. The maximum atomic E-state index is 12.8. The van der Waals surface area contributed by atoms with Crippen LogP contribution in [0.25, 0.3) is 32.9 Å². The van der Waals surface area contributed by atoms with Crippen LogP contribution in [0.4, 0.5) is 0 Å². The third-order valence-corrected chi connectivity index (χ3v) is 5.23. The van der Waals surface area contributed by atoms with E-state index in [0.717, 1.165) is 50.8 Å². The van der Waals surface area contributed by atoms with Crippen LogP contribution in [0, 0.1) is 0 Å². The van der Waals surface area contributed by atoms with Crippen LogP contribution in [0.1, 0.15) is 22.8 Å². The number of carbonyl (C=O) groups is 1. The van der Waals surface area contributed by atoms with Crippen molar-refractivity contribution >= 4 is 27.6 Å². The van der Waals surface area contributed by atoms with Gasteiger partial charge in [0.2, 0.25) is 0 Å². The van der Waals surface area contributed by atoms with E-state index in [0.29, 0.717) is 0 Å². The number of carbonyl (C=O) groups excluding carboxylic acids is 1. The monoisotopic (exact) mass is 327 g/mol. The number of benzene rings is 3. The molecule has 5 rings (SSSR count). The average Bonchev–Trinajstić information content (AvgIpc) is 3.12. The number of ether oxygens (including phenoxy) is 1. The standard InChI is InChI=1S/C22H17NO2/c1-3-23-20-9-8-13(25-2)10-17(20)18-11-19-16(12-21(18)23)14-6-4-5-7-15(14)22(19)24/h4-12H,3H2,1-2H3. The predicted octanol–water partition coefficient (Wildman–Crippen LogP) is 5.03. The zero-order valence-corrected chi connectivity index (χ0v) is 14.2. The van der Waals surface area contributed by atoms with Crippen molar-refractivity contribution in [3.8, 4) is 16.9 Å². The Hall–Kier alpha value is -3.07. The quantitative estimate of drug-likeness (QED) is 0.455. The molecule has 1 aliphatic rings. The average molecular weight is 327 g/mol. The van der Waals surface area contributed by atoms with Crippen LogP contribution >= 0.6 is 0 Å². The van der Waals surface area contributed by atoms with E-state index in [4.69, 9.17) is 4.74 Å². The van der Waals surface area contributed by atoms with E-state index in [1.54, 1.807) is 7.11 Å². The van der Waals surface area contributed by atoms with Crippen molar-refractivity contribution in [2.75, 3.05) is 7.11 Å². The molecule has 3 heteroatoms. The number of aryl methyl sites for hydroxylation is 1. The molecule has 0 aliphatic heterocycles. The SMILES string of the molecule is CCn1c2ccc(OC)cc2c2cc3c(cc21)-c1ccccc1C3=O. The van der Waals surface area contributed by atoms with Crippen molar-refractivity contribution in [3.63, 3.8) is 0 Å². The molecule has 0 radical (unpaired) electrons. The molecule has 0 bridgehead atoms. The summed E-state index contributed by atoms with van der Waals surface area (Å²) in [5.41, 5.74) is 6.01. The maximum absolute atomic E-state index is 12.8. The second-order valence-electron chi connectivity index (χ2n) is 6.42. The number of methoxy groups -OCH3 is 1. The smallest absolute Gasteiger partial charge is 0.194 e. The summed E-state index contributed by atoms with van der Waals surface area (Å²) in [6, 6.07) is 18.2. The van der Waals surface area contributed by atoms with Crippen LogP contribution in [0.5, 0.6) is 5.75 Å². The Labute approximate surface area is 145 Å². The van der Waals surface area contributed by atoms with Crippen molar-refractivity contribution in [2.24, 2.45) is 0 Å². The van der Waals surface area contributed by atoms with Crippen LogP contribution < -0.4 is 4.74 Å². The summed E-state index contributed by atoms with van der Waals surface area (Å²) in [4.78, 5) is 12.8. The lowest BCUT2D eigenvalue weighted by Crippen LogP contribution is -1.95. The largest absolute Gasteiger partial charge is 0.497 e. The first-order chi connectivity index (χ1) is 12.2. The van der Waals surface area contributed by atoms with Gasteiger partial charge in [-0.25, -0.2) is 0 Å². The van der Waals surface area contributed by atoms with E-state index in [1.165, 1.54) is 5.52 Å². The van der Waals surface area contributed by atoms with Crippen LogP contribution in [-0.4, -0.2) is 17.5 Å². The van der Waals surface area contributed by atoms with E-state index < -0.39 is 0 Å². The van der Waals surface area contributed by atoms with Gasteiger partial charge in [0.1, 0.15) is 5.75 Å². The molecule has 0 amide bonds. The fraction of sp³-hybridized carbons (Fsp3) is 0.136. The molecule has 0 atom stereocenters. The number of rotatable bonds is 2. The van der Waals surface area contributed by atoms with E-state index in [9.17, 15) is 4.79 Å². The van der Waals surface area contributed by atoms with Crippen molar-refractivity contribution in [1.29, 1.82) is 0 Å². The summed E-state index contributed by atoms with van der Waals surface area (Å²) in [5, 5.41) is 2.23. The summed E-state index contributed by atoms with van der Waals surface area (Å²) in [6.07, 6.45) is 0. The maximum Gasteiger partial charge on any atom is 0.194 e. The van der Waals surface area contributed by atoms with Crippen LogP contribution in [0.2, 0.25) is 0 Å². The lowest BCUT2D eigenvalue weighted by atomic mass is 10.0. The van der Waals surface area contributed by atoms with Crippen LogP contribution in [0.3, 0.4) is 0 Å². The fourth-order valence-electron chi connectivity index (χ4n) is 4.06. The number of fused-ring (bicyclic) bond motifs is 6. The molecule has 0 unspecified atom stereocenters. The van der Waals surface area contributed by atoms with Crippen molar-refractivity contribution in [3.05, 3.63) is 65.7 Å². The number of nitrogens with zero attached hydrogens (tertiary/aromatic N) is 1. The number of hydrogen-bond donors (Lipinski definition) is 0. The molecule has 0 fully saturated rings. The first-order valence-corrected chi connectivity index (χ1v) is 8.51. The molecule has 0 saturated carbocycles. The number of ketones is 1. The normalized spacial score (nSPS) is 12.6. The van der Waals surface area contributed by atoms with Gasteiger partial charge in [-0.15, -0.1) is 0 Å². The van der Waals surface area contributed by atoms with Gasteiger partial charge < -0.3 is 9.30 Å². The van der Waals surface area contributed by atoms with Gasteiger partial charge in [0.05, 0.1) is 7.11 Å². The minimum Gasteiger partial charge on any atom is -0.497 e. The lowest BCUT2D eigenvalue weighted by Gasteiger charge is -2.05. The minimum absolute atomic E-state index is 0.118. The van der Waals surface area contributed by atoms with Crippen LogP contribution in [-0.2, 0) is 6.54 Å². The van der Waals surface area contributed by atoms with Crippen molar-refractivity contribution < 1.29 is 9.53 Å². The van der Waals surface area contributed by atoms with Gasteiger partial charge in [-0.05, 0) is 48.4 Å². The van der Waals surface area contributed by atoms with E-state index >= 15 is 0 Å². The highest BCUT2D eigenvalue weighted by Gasteiger charge is 2.27. The third kappa shape index (κ3) is 1.78. The third-order valence-electron chi connectivity index (χ3n) is 5.23. The Bertz CT molecular complexity index is 1180. The molecule has 0 N–H and O–H groups in total. The molecule has 3 nitrogen and oxygen atoms in total. The first-order valence-electron chi connectivity index (χ1n) is 8.51. The zero-order valence-electron chi connectivity index (χ0n) is 14.2. The van der Waals surface area contributed by atoms with E-state index in [1.807, 2.05) is 30.3 Å². The summed E-state index contributed by atoms with van der Waals surface area (Å²) in [7, 11) is 1.68.